The SMILES string of the molecule is Cc1nnc(SCC(=O)NC2CCC(C)CC2)n1C. The molecular formula is C13H22N4OS. The molecule has 1 heterocycles. The number of carbonyl (C=O) groups is 1. The molecule has 1 amide bonds. The summed E-state index contributed by atoms with van der Waals surface area (Å²) in [6, 6.07) is 0.366. The predicted molar refractivity (Wildman–Crippen MR) is 76.0 cm³/mol. The van der Waals surface area contributed by atoms with Gasteiger partial charge in [0.05, 0.1) is 5.75 Å². The molecule has 1 aliphatic carbocycles. The average Bonchev–Trinajstić information content (AvgIpc) is 2.70. The van der Waals surface area contributed by atoms with Crippen molar-refractivity contribution in [3.63, 3.8) is 0 Å². The van der Waals surface area contributed by atoms with Crippen LogP contribution in [0.2, 0.25) is 0 Å². The first-order valence-electron chi connectivity index (χ1n) is 6.84. The third-order valence-electron chi connectivity index (χ3n) is 3.77. The number of hydrogen-bond acceptors (Lipinski definition) is 4. The van der Waals surface area contributed by atoms with Crippen LogP contribution in [-0.2, 0) is 11.8 Å². The van der Waals surface area contributed by atoms with Gasteiger partial charge in [-0.1, -0.05) is 18.7 Å². The molecule has 0 spiro atoms. The van der Waals surface area contributed by atoms with Crippen LogP contribution < -0.4 is 5.32 Å². The first-order chi connectivity index (χ1) is 9.06. The zero-order chi connectivity index (χ0) is 13.8. The number of nitrogens with zero attached hydrogens (tertiary/aromatic N) is 3. The normalized spacial score (nSPS) is 23.3. The Morgan fingerprint density at radius 3 is 2.63 bits per heavy atom. The highest BCUT2D eigenvalue weighted by Crippen LogP contribution is 2.23. The van der Waals surface area contributed by atoms with Crippen molar-refractivity contribution in [1.29, 1.82) is 0 Å². The average molecular weight is 282 g/mol. The summed E-state index contributed by atoms with van der Waals surface area (Å²) in [5.74, 6) is 2.19. The van der Waals surface area contributed by atoms with Crippen molar-refractivity contribution >= 4 is 17.7 Å². The van der Waals surface area contributed by atoms with Gasteiger partial charge in [0.2, 0.25) is 5.91 Å². The molecule has 2 rings (SSSR count). The van der Waals surface area contributed by atoms with Crippen LogP contribution in [0.1, 0.15) is 38.4 Å². The molecular weight excluding hydrogens is 260 g/mol. The lowest BCUT2D eigenvalue weighted by Gasteiger charge is -2.26. The van der Waals surface area contributed by atoms with Crippen LogP contribution in [0.3, 0.4) is 0 Å². The maximum atomic E-state index is 11.9. The molecule has 1 saturated carbocycles. The van der Waals surface area contributed by atoms with E-state index in [1.54, 1.807) is 0 Å². The van der Waals surface area contributed by atoms with Gasteiger partial charge < -0.3 is 9.88 Å². The molecule has 0 aromatic carbocycles. The second-order valence-electron chi connectivity index (χ2n) is 5.40. The van der Waals surface area contributed by atoms with Gasteiger partial charge in [-0.3, -0.25) is 4.79 Å². The van der Waals surface area contributed by atoms with Gasteiger partial charge in [-0.25, -0.2) is 0 Å². The molecule has 0 unspecified atom stereocenters. The maximum absolute atomic E-state index is 11.9. The zero-order valence-corrected chi connectivity index (χ0v) is 12.7. The summed E-state index contributed by atoms with van der Waals surface area (Å²) in [6.07, 6.45) is 4.67. The highest BCUT2D eigenvalue weighted by Gasteiger charge is 2.20. The van der Waals surface area contributed by atoms with Gasteiger partial charge >= 0.3 is 0 Å². The van der Waals surface area contributed by atoms with Crippen LogP contribution in [0.4, 0.5) is 0 Å². The van der Waals surface area contributed by atoms with E-state index in [0.29, 0.717) is 11.8 Å². The van der Waals surface area contributed by atoms with Crippen molar-refractivity contribution < 1.29 is 4.79 Å². The largest absolute Gasteiger partial charge is 0.353 e. The van der Waals surface area contributed by atoms with Crippen molar-refractivity contribution in [2.45, 2.75) is 50.7 Å². The van der Waals surface area contributed by atoms with E-state index in [-0.39, 0.29) is 5.91 Å². The lowest BCUT2D eigenvalue weighted by molar-refractivity contribution is -0.119. The molecule has 0 aliphatic heterocycles. The van der Waals surface area contributed by atoms with Gasteiger partial charge in [0, 0.05) is 13.1 Å². The molecule has 1 aliphatic rings. The highest BCUT2D eigenvalue weighted by molar-refractivity contribution is 7.99. The molecule has 0 atom stereocenters. The van der Waals surface area contributed by atoms with Crippen molar-refractivity contribution in [3.05, 3.63) is 5.82 Å². The number of aromatic nitrogens is 3. The van der Waals surface area contributed by atoms with E-state index in [1.807, 2.05) is 18.5 Å². The lowest BCUT2D eigenvalue weighted by Crippen LogP contribution is -2.38. The fraction of sp³-hybridized carbons (Fsp3) is 0.769. The molecule has 19 heavy (non-hydrogen) atoms. The topological polar surface area (TPSA) is 59.8 Å². The molecule has 1 aromatic rings. The van der Waals surface area contributed by atoms with Crippen molar-refractivity contribution in [2.24, 2.45) is 13.0 Å². The number of rotatable bonds is 4. The molecule has 5 nitrogen and oxygen atoms in total. The van der Waals surface area contributed by atoms with E-state index in [2.05, 4.69) is 22.4 Å². The van der Waals surface area contributed by atoms with Crippen molar-refractivity contribution in [3.8, 4) is 0 Å². The van der Waals surface area contributed by atoms with Gasteiger partial charge in [-0.05, 0) is 38.5 Å². The van der Waals surface area contributed by atoms with Crippen molar-refractivity contribution in [2.75, 3.05) is 5.75 Å². The van der Waals surface area contributed by atoms with Crippen LogP contribution >= 0.6 is 11.8 Å². The predicted octanol–water partition coefficient (Wildman–Crippen LogP) is 1.91. The van der Waals surface area contributed by atoms with Crippen LogP contribution in [0.5, 0.6) is 0 Å². The van der Waals surface area contributed by atoms with Gasteiger partial charge in [0.15, 0.2) is 5.16 Å². The summed E-state index contributed by atoms with van der Waals surface area (Å²) >= 11 is 1.44. The Hall–Kier alpha value is -1.04. The second-order valence-corrected chi connectivity index (χ2v) is 6.34. The summed E-state index contributed by atoms with van der Waals surface area (Å²) in [6.45, 7) is 4.19. The summed E-state index contributed by atoms with van der Waals surface area (Å²) in [7, 11) is 1.91. The Labute approximate surface area is 118 Å². The standard InChI is InChI=1S/C13H22N4OS/c1-9-4-6-11(7-5-9)14-12(18)8-19-13-16-15-10(2)17(13)3/h9,11H,4-8H2,1-3H3,(H,14,18). The van der Waals surface area contributed by atoms with E-state index in [4.69, 9.17) is 0 Å². The Bertz CT molecular complexity index is 438. The fourth-order valence-corrected chi connectivity index (χ4v) is 3.09. The number of hydrogen-bond donors (Lipinski definition) is 1. The Kier molecular flexibility index (Phi) is 4.85. The van der Waals surface area contributed by atoms with Crippen LogP contribution in [0, 0.1) is 12.8 Å². The Morgan fingerprint density at radius 2 is 2.05 bits per heavy atom. The molecule has 1 aromatic heterocycles. The number of nitrogens with one attached hydrogen (secondary N) is 1. The minimum atomic E-state index is 0.102. The third kappa shape index (κ3) is 3.96. The Balaban J connectivity index is 1.74. The summed E-state index contributed by atoms with van der Waals surface area (Å²) in [4.78, 5) is 11.9. The monoisotopic (exact) mass is 282 g/mol. The van der Waals surface area contributed by atoms with Gasteiger partial charge in [-0.15, -0.1) is 10.2 Å². The highest BCUT2D eigenvalue weighted by atomic mass is 32.2. The first-order valence-corrected chi connectivity index (χ1v) is 7.83. The summed E-state index contributed by atoms with van der Waals surface area (Å²) < 4.78 is 1.90. The molecule has 0 bridgehead atoms. The molecule has 106 valence electrons. The minimum Gasteiger partial charge on any atom is -0.353 e. The lowest BCUT2D eigenvalue weighted by atomic mass is 9.87. The fourth-order valence-electron chi connectivity index (χ4n) is 2.32. The van der Waals surface area contributed by atoms with Crippen molar-refractivity contribution in [1.82, 2.24) is 20.1 Å². The Morgan fingerprint density at radius 1 is 1.37 bits per heavy atom. The maximum Gasteiger partial charge on any atom is 0.230 e. The van der Waals surface area contributed by atoms with Gasteiger partial charge in [-0.2, -0.15) is 0 Å². The number of amides is 1. The summed E-state index contributed by atoms with van der Waals surface area (Å²) in [5, 5.41) is 11.9. The quantitative estimate of drug-likeness (QED) is 0.857. The zero-order valence-electron chi connectivity index (χ0n) is 11.8. The van der Waals surface area contributed by atoms with E-state index >= 15 is 0 Å². The van der Waals surface area contributed by atoms with Crippen LogP contribution in [-0.4, -0.2) is 32.5 Å². The first kappa shape index (κ1) is 14.4. The van der Waals surface area contributed by atoms with E-state index in [0.717, 1.165) is 29.7 Å². The second kappa shape index (κ2) is 6.41. The van der Waals surface area contributed by atoms with E-state index < -0.39 is 0 Å². The number of thioether (sulfide) groups is 1. The van der Waals surface area contributed by atoms with Crippen LogP contribution in [0.15, 0.2) is 5.16 Å². The molecule has 0 radical (unpaired) electrons. The molecule has 1 fully saturated rings. The van der Waals surface area contributed by atoms with Crippen LogP contribution in [0.25, 0.3) is 0 Å². The van der Waals surface area contributed by atoms with Gasteiger partial charge in [0.1, 0.15) is 5.82 Å². The van der Waals surface area contributed by atoms with E-state index in [9.17, 15) is 4.79 Å². The van der Waals surface area contributed by atoms with Gasteiger partial charge in [0.25, 0.3) is 0 Å². The minimum absolute atomic E-state index is 0.102. The molecule has 1 N–H and O–H groups in total. The summed E-state index contributed by atoms with van der Waals surface area (Å²) in [5.41, 5.74) is 0. The molecule has 6 heteroatoms. The molecule has 0 saturated heterocycles. The van der Waals surface area contributed by atoms with E-state index in [1.165, 1.54) is 24.6 Å². The smallest absolute Gasteiger partial charge is 0.230 e. The third-order valence-corrected chi connectivity index (χ3v) is 4.79. The number of carbonyl (C=O) groups excluding carboxylic acids is 1. The number of aryl methyl sites for hydroxylation is 1.